The highest BCUT2D eigenvalue weighted by atomic mass is 16.7. The highest BCUT2D eigenvalue weighted by molar-refractivity contribution is 5.73. The Kier molecular flexibility index (Phi) is 2.54. The first-order valence-electron chi connectivity index (χ1n) is 6.01. The van der Waals surface area contributed by atoms with Crippen LogP contribution in [0.5, 0.6) is 11.5 Å². The summed E-state index contributed by atoms with van der Waals surface area (Å²) < 4.78 is 15.9. The van der Waals surface area contributed by atoms with Crippen molar-refractivity contribution in [1.82, 2.24) is 0 Å². The molecule has 2 N–H and O–H groups in total. The van der Waals surface area contributed by atoms with Crippen LogP contribution in [-0.4, -0.2) is 25.0 Å². The molecule has 0 saturated heterocycles. The predicted molar refractivity (Wildman–Crippen MR) is 66.9 cm³/mol. The van der Waals surface area contributed by atoms with Crippen LogP contribution < -0.4 is 15.2 Å². The maximum Gasteiger partial charge on any atom is 0.282 e. The van der Waals surface area contributed by atoms with Crippen molar-refractivity contribution in [3.8, 4) is 11.5 Å². The summed E-state index contributed by atoms with van der Waals surface area (Å²) in [5, 5.41) is 0. The molecule has 1 aromatic rings. The predicted octanol–water partition coefficient (Wildman–Crippen LogP) is 1.45. The topological polar surface area (TPSA) is 66.1 Å². The first-order valence-corrected chi connectivity index (χ1v) is 6.01. The van der Waals surface area contributed by atoms with Gasteiger partial charge < -0.3 is 19.9 Å². The van der Waals surface area contributed by atoms with E-state index in [0.717, 1.165) is 24.3 Å². The van der Waals surface area contributed by atoms with E-state index < -0.39 is 0 Å². The lowest BCUT2D eigenvalue weighted by Gasteiger charge is -2.17. The van der Waals surface area contributed by atoms with Gasteiger partial charge in [-0.3, -0.25) is 0 Å². The molecule has 1 atom stereocenters. The van der Waals surface area contributed by atoms with E-state index in [1.54, 1.807) is 0 Å². The summed E-state index contributed by atoms with van der Waals surface area (Å²) in [7, 11) is 0. The van der Waals surface area contributed by atoms with Crippen LogP contribution in [0.4, 0.5) is 0 Å². The fraction of sp³-hybridized carbons (Fsp3) is 0.462. The molecule has 5 heteroatoms. The molecule has 0 amide bonds. The molecule has 0 bridgehead atoms. The Labute approximate surface area is 106 Å². The smallest absolute Gasteiger partial charge is 0.282 e. The monoisotopic (exact) mass is 248 g/mol. The summed E-state index contributed by atoms with van der Waals surface area (Å²) in [4.78, 5) is 4.32. The quantitative estimate of drug-likeness (QED) is 0.879. The number of hydrogen-bond acceptors (Lipinski definition) is 5. The van der Waals surface area contributed by atoms with Gasteiger partial charge >= 0.3 is 0 Å². The molecular formula is C13H16N2O3. The zero-order chi connectivity index (χ0) is 12.6. The van der Waals surface area contributed by atoms with E-state index in [0.29, 0.717) is 19.4 Å². The van der Waals surface area contributed by atoms with Crippen molar-refractivity contribution in [2.45, 2.75) is 25.3 Å². The van der Waals surface area contributed by atoms with Gasteiger partial charge in [-0.15, -0.1) is 0 Å². The Morgan fingerprint density at radius 2 is 2.11 bits per heavy atom. The van der Waals surface area contributed by atoms with Crippen LogP contribution in [0.2, 0.25) is 0 Å². The molecule has 0 fully saturated rings. The molecule has 2 aliphatic heterocycles. The maximum atomic E-state index is 5.54. The standard InChI is InChI=1S/C13H16N2O3/c1-13(7-16-12(14)15-13)5-4-9-2-3-10-11(6-9)18-8-17-10/h2-3,6H,4-5,7-8H2,1H3,(H2,14,15). The molecule has 1 aromatic carbocycles. The van der Waals surface area contributed by atoms with Gasteiger partial charge in [-0.05, 0) is 37.5 Å². The molecule has 0 saturated carbocycles. The SMILES string of the molecule is CC1(CCc2ccc3c(c2)OCO3)COC(N)=N1. The highest BCUT2D eigenvalue weighted by Crippen LogP contribution is 2.33. The van der Waals surface area contributed by atoms with E-state index in [-0.39, 0.29) is 5.54 Å². The van der Waals surface area contributed by atoms with Crippen molar-refractivity contribution in [2.75, 3.05) is 13.4 Å². The van der Waals surface area contributed by atoms with Crippen LogP contribution >= 0.6 is 0 Å². The number of nitrogens with two attached hydrogens (primary N) is 1. The van der Waals surface area contributed by atoms with Gasteiger partial charge in [0, 0.05) is 0 Å². The number of fused-ring (bicyclic) bond motifs is 1. The Morgan fingerprint density at radius 1 is 1.28 bits per heavy atom. The van der Waals surface area contributed by atoms with E-state index >= 15 is 0 Å². The number of amidine groups is 1. The lowest BCUT2D eigenvalue weighted by molar-refractivity contribution is 0.174. The number of benzene rings is 1. The number of ether oxygens (including phenoxy) is 3. The number of nitrogens with zero attached hydrogens (tertiary/aromatic N) is 1. The first-order chi connectivity index (χ1) is 8.65. The van der Waals surface area contributed by atoms with Crippen LogP contribution in [0, 0.1) is 0 Å². The van der Waals surface area contributed by atoms with Crippen molar-refractivity contribution in [3.05, 3.63) is 23.8 Å². The second kappa shape index (κ2) is 4.08. The summed E-state index contributed by atoms with van der Waals surface area (Å²) in [6, 6.07) is 6.32. The molecule has 1 unspecified atom stereocenters. The average Bonchev–Trinajstić information content (AvgIpc) is 2.93. The molecule has 0 aliphatic carbocycles. The number of rotatable bonds is 3. The lowest BCUT2D eigenvalue weighted by atomic mass is 9.95. The minimum Gasteiger partial charge on any atom is -0.463 e. The lowest BCUT2D eigenvalue weighted by Crippen LogP contribution is -2.24. The molecule has 0 radical (unpaired) electrons. The minimum atomic E-state index is -0.208. The zero-order valence-electron chi connectivity index (χ0n) is 10.3. The van der Waals surface area contributed by atoms with Crippen molar-refractivity contribution in [2.24, 2.45) is 10.7 Å². The van der Waals surface area contributed by atoms with E-state index in [1.165, 1.54) is 5.56 Å². The molecule has 3 rings (SSSR count). The number of aryl methyl sites for hydroxylation is 1. The van der Waals surface area contributed by atoms with Crippen LogP contribution in [0.3, 0.4) is 0 Å². The molecular weight excluding hydrogens is 232 g/mol. The van der Waals surface area contributed by atoms with Crippen LogP contribution in [0.15, 0.2) is 23.2 Å². The number of hydrogen-bond donors (Lipinski definition) is 1. The molecule has 5 nitrogen and oxygen atoms in total. The Balaban J connectivity index is 1.67. The Bertz CT molecular complexity index is 501. The first kappa shape index (κ1) is 11.2. The second-order valence-electron chi connectivity index (χ2n) is 4.92. The summed E-state index contributed by atoms with van der Waals surface area (Å²) in [5.41, 5.74) is 6.55. The highest BCUT2D eigenvalue weighted by Gasteiger charge is 2.30. The molecule has 2 heterocycles. The van der Waals surface area contributed by atoms with E-state index in [1.807, 2.05) is 12.1 Å². The van der Waals surface area contributed by atoms with Crippen LogP contribution in [0.25, 0.3) is 0 Å². The Hall–Kier alpha value is -1.91. The summed E-state index contributed by atoms with van der Waals surface area (Å²) in [6.07, 6.45) is 1.81. The fourth-order valence-electron chi connectivity index (χ4n) is 2.20. The van der Waals surface area contributed by atoms with E-state index in [2.05, 4.69) is 18.0 Å². The van der Waals surface area contributed by atoms with Crippen LogP contribution in [0.1, 0.15) is 18.9 Å². The van der Waals surface area contributed by atoms with E-state index in [4.69, 9.17) is 19.9 Å². The third-order valence-corrected chi connectivity index (χ3v) is 3.30. The van der Waals surface area contributed by atoms with Crippen molar-refractivity contribution in [1.29, 1.82) is 0 Å². The minimum absolute atomic E-state index is 0.208. The van der Waals surface area contributed by atoms with Crippen molar-refractivity contribution >= 4 is 6.02 Å². The van der Waals surface area contributed by atoms with Gasteiger partial charge in [0.25, 0.3) is 6.02 Å². The summed E-state index contributed by atoms with van der Waals surface area (Å²) in [5.74, 6) is 1.64. The molecule has 96 valence electrons. The Morgan fingerprint density at radius 3 is 2.89 bits per heavy atom. The van der Waals surface area contributed by atoms with Gasteiger partial charge in [-0.1, -0.05) is 6.07 Å². The summed E-state index contributed by atoms with van der Waals surface area (Å²) >= 11 is 0. The molecule has 18 heavy (non-hydrogen) atoms. The molecule has 0 spiro atoms. The molecule has 2 aliphatic rings. The molecule has 0 aromatic heterocycles. The average molecular weight is 248 g/mol. The zero-order valence-corrected chi connectivity index (χ0v) is 10.3. The van der Waals surface area contributed by atoms with Gasteiger partial charge in [-0.25, -0.2) is 4.99 Å². The van der Waals surface area contributed by atoms with Gasteiger partial charge in [0.05, 0.1) is 5.54 Å². The van der Waals surface area contributed by atoms with Gasteiger partial charge in [0.2, 0.25) is 6.79 Å². The second-order valence-corrected chi connectivity index (χ2v) is 4.92. The van der Waals surface area contributed by atoms with Gasteiger partial charge in [0.15, 0.2) is 11.5 Å². The van der Waals surface area contributed by atoms with Crippen molar-refractivity contribution in [3.63, 3.8) is 0 Å². The third-order valence-electron chi connectivity index (χ3n) is 3.30. The number of aliphatic imine (C=N–C) groups is 1. The normalized spacial score (nSPS) is 24.8. The summed E-state index contributed by atoms with van der Waals surface area (Å²) in [6.45, 7) is 2.92. The fourth-order valence-corrected chi connectivity index (χ4v) is 2.20. The van der Waals surface area contributed by atoms with E-state index in [9.17, 15) is 0 Å². The largest absolute Gasteiger partial charge is 0.463 e. The van der Waals surface area contributed by atoms with Crippen LogP contribution in [-0.2, 0) is 11.2 Å². The maximum absolute atomic E-state index is 5.54. The van der Waals surface area contributed by atoms with Gasteiger partial charge in [-0.2, -0.15) is 0 Å². The van der Waals surface area contributed by atoms with Crippen molar-refractivity contribution < 1.29 is 14.2 Å². The van der Waals surface area contributed by atoms with Gasteiger partial charge in [0.1, 0.15) is 6.61 Å². The third kappa shape index (κ3) is 2.08.